The molecule has 0 aliphatic rings. The van der Waals surface area contributed by atoms with Crippen molar-refractivity contribution in [1.82, 2.24) is 10.4 Å². The average molecular weight is 348 g/mol. The van der Waals surface area contributed by atoms with Crippen molar-refractivity contribution in [3.8, 4) is 0 Å². The Morgan fingerprint density at radius 3 is 2.46 bits per heavy atom. The number of rotatable bonds is 5. The third kappa shape index (κ3) is 4.21. The van der Waals surface area contributed by atoms with Gasteiger partial charge >= 0.3 is 0 Å². The summed E-state index contributed by atoms with van der Waals surface area (Å²) in [6.45, 7) is 1.77. The maximum Gasteiger partial charge on any atom is 0.291 e. The van der Waals surface area contributed by atoms with Gasteiger partial charge in [0, 0.05) is 11.9 Å². The van der Waals surface area contributed by atoms with E-state index < -0.39 is 0 Å². The van der Waals surface area contributed by atoms with Crippen LogP contribution in [0.4, 0.5) is 5.69 Å². The van der Waals surface area contributed by atoms with Crippen molar-refractivity contribution in [2.45, 2.75) is 6.92 Å². The van der Waals surface area contributed by atoms with Gasteiger partial charge in [-0.25, -0.2) is 5.43 Å². The second-order valence-electron chi connectivity index (χ2n) is 5.36. The molecule has 7 heteroatoms. The largest absolute Gasteiger partial charge is 0.459 e. The highest BCUT2D eigenvalue weighted by Gasteiger charge is 2.09. The highest BCUT2D eigenvalue weighted by Crippen LogP contribution is 2.12. The molecule has 0 radical (unpaired) electrons. The van der Waals surface area contributed by atoms with Gasteiger partial charge in [-0.1, -0.05) is 18.2 Å². The number of anilines is 1. The molecule has 0 saturated heterocycles. The summed E-state index contributed by atoms with van der Waals surface area (Å²) in [5.41, 5.74) is 4.82. The van der Waals surface area contributed by atoms with Crippen LogP contribution in [-0.2, 0) is 0 Å². The number of carbonyl (C=O) groups excluding carboxylic acids is 2. The molecule has 0 unspecified atom stereocenters. The predicted molar refractivity (Wildman–Crippen MR) is 97.0 cm³/mol. The lowest BCUT2D eigenvalue weighted by molar-refractivity contribution is 0.0948. The lowest BCUT2D eigenvalue weighted by atomic mass is 10.1. The van der Waals surface area contributed by atoms with Gasteiger partial charge in [0.2, 0.25) is 0 Å². The average Bonchev–Trinajstić information content (AvgIpc) is 3.22. The molecular weight excluding hydrogens is 332 g/mol. The maximum absolute atomic E-state index is 11.9. The predicted octanol–water partition coefficient (Wildman–Crippen LogP) is 3.08. The number of pyridine rings is 1. The van der Waals surface area contributed by atoms with E-state index in [1.54, 1.807) is 67.7 Å². The Hall–Kier alpha value is -3.74. The number of benzene rings is 1. The molecule has 3 rings (SSSR count). The number of hydrogen-bond donors (Lipinski definition) is 2. The van der Waals surface area contributed by atoms with Gasteiger partial charge < -0.3 is 9.73 Å². The van der Waals surface area contributed by atoms with E-state index in [9.17, 15) is 9.59 Å². The summed E-state index contributed by atoms with van der Waals surface area (Å²) in [6, 6.07) is 15.4. The molecule has 0 bridgehead atoms. The van der Waals surface area contributed by atoms with Gasteiger partial charge in [0.1, 0.15) is 5.69 Å². The smallest absolute Gasteiger partial charge is 0.291 e. The number of nitrogens with one attached hydrogen (secondary N) is 2. The van der Waals surface area contributed by atoms with Crippen LogP contribution in [0.15, 0.2) is 76.6 Å². The number of hydrazone groups is 1. The Bertz CT molecular complexity index is 917. The van der Waals surface area contributed by atoms with E-state index in [-0.39, 0.29) is 17.6 Å². The first kappa shape index (κ1) is 17.1. The van der Waals surface area contributed by atoms with Crippen LogP contribution in [0.5, 0.6) is 0 Å². The second kappa shape index (κ2) is 7.89. The molecular formula is C19H16N4O3. The lowest BCUT2D eigenvalue weighted by Gasteiger charge is -2.06. The molecule has 2 heterocycles. The SMILES string of the molecule is C/C(=N/NC(=O)c1ccccn1)c1ccc(NC(=O)c2ccco2)cc1. The first-order valence-corrected chi connectivity index (χ1v) is 7.84. The topological polar surface area (TPSA) is 96.6 Å². The van der Waals surface area contributed by atoms with Crippen molar-refractivity contribution in [2.24, 2.45) is 5.10 Å². The maximum atomic E-state index is 11.9. The number of aromatic nitrogens is 1. The second-order valence-corrected chi connectivity index (χ2v) is 5.36. The summed E-state index contributed by atoms with van der Waals surface area (Å²) >= 11 is 0. The Labute approximate surface area is 149 Å². The van der Waals surface area contributed by atoms with Crippen molar-refractivity contribution >= 4 is 23.2 Å². The minimum absolute atomic E-state index is 0.240. The molecule has 0 fully saturated rings. The molecule has 0 aliphatic heterocycles. The zero-order chi connectivity index (χ0) is 18.4. The van der Waals surface area contributed by atoms with Crippen molar-refractivity contribution < 1.29 is 14.0 Å². The molecule has 1 aromatic carbocycles. The van der Waals surface area contributed by atoms with E-state index in [1.807, 2.05) is 0 Å². The summed E-state index contributed by atoms with van der Waals surface area (Å²) in [6.07, 6.45) is 2.98. The van der Waals surface area contributed by atoms with E-state index in [1.165, 1.54) is 6.26 Å². The monoisotopic (exact) mass is 348 g/mol. The van der Waals surface area contributed by atoms with Crippen LogP contribution in [0.1, 0.15) is 33.5 Å². The van der Waals surface area contributed by atoms with Crippen LogP contribution in [0.25, 0.3) is 0 Å². The number of hydrogen-bond acceptors (Lipinski definition) is 5. The van der Waals surface area contributed by atoms with Crippen LogP contribution >= 0.6 is 0 Å². The Balaban J connectivity index is 1.62. The van der Waals surface area contributed by atoms with Gasteiger partial charge in [0.25, 0.3) is 11.8 Å². The van der Waals surface area contributed by atoms with E-state index in [0.717, 1.165) is 5.56 Å². The van der Waals surface area contributed by atoms with Crippen LogP contribution in [0.2, 0.25) is 0 Å². The van der Waals surface area contributed by atoms with Gasteiger partial charge in [0.15, 0.2) is 5.76 Å². The lowest BCUT2D eigenvalue weighted by Crippen LogP contribution is -2.20. The molecule has 26 heavy (non-hydrogen) atoms. The van der Waals surface area contributed by atoms with E-state index in [4.69, 9.17) is 4.42 Å². The molecule has 2 amide bonds. The van der Waals surface area contributed by atoms with E-state index in [2.05, 4.69) is 20.8 Å². The zero-order valence-electron chi connectivity index (χ0n) is 14.0. The number of furan rings is 1. The first-order valence-electron chi connectivity index (χ1n) is 7.84. The molecule has 2 N–H and O–H groups in total. The minimum Gasteiger partial charge on any atom is -0.459 e. The molecule has 0 atom stereocenters. The van der Waals surface area contributed by atoms with Gasteiger partial charge in [-0.2, -0.15) is 5.10 Å². The molecule has 0 aliphatic carbocycles. The molecule has 0 spiro atoms. The fourth-order valence-electron chi connectivity index (χ4n) is 2.15. The normalized spacial score (nSPS) is 11.0. The summed E-state index contributed by atoms with van der Waals surface area (Å²) in [5, 5.41) is 6.81. The summed E-state index contributed by atoms with van der Waals surface area (Å²) < 4.78 is 5.04. The van der Waals surface area contributed by atoms with Gasteiger partial charge in [-0.05, 0) is 48.9 Å². The summed E-state index contributed by atoms with van der Waals surface area (Å²) in [7, 11) is 0. The molecule has 7 nitrogen and oxygen atoms in total. The van der Waals surface area contributed by atoms with E-state index >= 15 is 0 Å². The Morgan fingerprint density at radius 2 is 1.81 bits per heavy atom. The molecule has 0 saturated carbocycles. The van der Waals surface area contributed by atoms with Gasteiger partial charge in [0.05, 0.1) is 12.0 Å². The Morgan fingerprint density at radius 1 is 1.00 bits per heavy atom. The van der Waals surface area contributed by atoms with Crippen LogP contribution in [-0.4, -0.2) is 22.5 Å². The van der Waals surface area contributed by atoms with Gasteiger partial charge in [-0.15, -0.1) is 0 Å². The van der Waals surface area contributed by atoms with Gasteiger partial charge in [-0.3, -0.25) is 14.6 Å². The standard InChI is InChI=1S/C19H16N4O3/c1-13(22-23-18(24)16-5-2-3-11-20-16)14-7-9-15(10-8-14)21-19(25)17-6-4-12-26-17/h2-12H,1H3,(H,21,25)(H,23,24)/b22-13-. The van der Waals surface area contributed by atoms with Crippen LogP contribution < -0.4 is 10.7 Å². The third-order valence-electron chi connectivity index (χ3n) is 3.53. The van der Waals surface area contributed by atoms with Crippen molar-refractivity contribution in [3.63, 3.8) is 0 Å². The fraction of sp³-hybridized carbons (Fsp3) is 0.0526. The molecule has 2 aromatic heterocycles. The Kier molecular flexibility index (Phi) is 5.19. The van der Waals surface area contributed by atoms with Crippen LogP contribution in [0.3, 0.4) is 0 Å². The third-order valence-corrected chi connectivity index (χ3v) is 3.53. The fourth-order valence-corrected chi connectivity index (χ4v) is 2.15. The first-order chi connectivity index (χ1) is 12.6. The highest BCUT2D eigenvalue weighted by molar-refractivity contribution is 6.03. The van der Waals surface area contributed by atoms with E-state index in [0.29, 0.717) is 17.1 Å². The number of amides is 2. The highest BCUT2D eigenvalue weighted by atomic mass is 16.3. The van der Waals surface area contributed by atoms with Crippen LogP contribution in [0, 0.1) is 0 Å². The van der Waals surface area contributed by atoms with Crippen molar-refractivity contribution in [2.75, 3.05) is 5.32 Å². The summed E-state index contributed by atoms with van der Waals surface area (Å²) in [5.74, 6) is -0.466. The summed E-state index contributed by atoms with van der Waals surface area (Å²) in [4.78, 5) is 27.8. The zero-order valence-corrected chi connectivity index (χ0v) is 14.0. The quantitative estimate of drug-likeness (QED) is 0.547. The number of carbonyl (C=O) groups is 2. The molecule has 130 valence electrons. The minimum atomic E-state index is -0.382. The molecule has 3 aromatic rings. The number of nitrogens with zero attached hydrogens (tertiary/aromatic N) is 2. The van der Waals surface area contributed by atoms with Crippen molar-refractivity contribution in [3.05, 3.63) is 84.1 Å². The van der Waals surface area contributed by atoms with Crippen molar-refractivity contribution in [1.29, 1.82) is 0 Å².